The average molecular weight is 283 g/mol. The van der Waals surface area contributed by atoms with Crippen molar-refractivity contribution in [1.29, 1.82) is 5.26 Å². The molecule has 1 rings (SSSR count). The van der Waals surface area contributed by atoms with E-state index in [-0.39, 0.29) is 5.75 Å². The monoisotopic (exact) mass is 283 g/mol. The molecule has 19 heavy (non-hydrogen) atoms. The third-order valence-electron chi connectivity index (χ3n) is 2.40. The van der Waals surface area contributed by atoms with E-state index in [2.05, 4.69) is 0 Å². The van der Waals surface area contributed by atoms with Crippen molar-refractivity contribution in [3.8, 4) is 11.8 Å². The SMILES string of the molecule is COc1cc(CS(=O)(=O)CCC(=O)O)ccc1C#N. The van der Waals surface area contributed by atoms with Gasteiger partial charge >= 0.3 is 5.97 Å². The Morgan fingerprint density at radius 1 is 1.47 bits per heavy atom. The van der Waals surface area contributed by atoms with Crippen molar-refractivity contribution in [3.05, 3.63) is 29.3 Å². The van der Waals surface area contributed by atoms with Crippen molar-refractivity contribution < 1.29 is 23.1 Å². The number of methoxy groups -OCH3 is 1. The molecule has 6 nitrogen and oxygen atoms in total. The van der Waals surface area contributed by atoms with Gasteiger partial charge in [-0.3, -0.25) is 4.79 Å². The lowest BCUT2D eigenvalue weighted by atomic mass is 10.1. The van der Waals surface area contributed by atoms with Crippen LogP contribution in [-0.2, 0) is 20.4 Å². The lowest BCUT2D eigenvalue weighted by Crippen LogP contribution is -2.13. The molecule has 0 aliphatic rings. The molecule has 0 unspecified atom stereocenters. The van der Waals surface area contributed by atoms with Gasteiger partial charge in [-0.25, -0.2) is 8.42 Å². The number of rotatable bonds is 6. The van der Waals surface area contributed by atoms with Crippen molar-refractivity contribution in [2.75, 3.05) is 12.9 Å². The minimum Gasteiger partial charge on any atom is -0.495 e. The highest BCUT2D eigenvalue weighted by Crippen LogP contribution is 2.20. The number of carboxylic acids is 1. The summed E-state index contributed by atoms with van der Waals surface area (Å²) in [5.74, 6) is -1.54. The van der Waals surface area contributed by atoms with Crippen LogP contribution < -0.4 is 4.74 Å². The van der Waals surface area contributed by atoms with Gasteiger partial charge in [0, 0.05) is 0 Å². The average Bonchev–Trinajstić information content (AvgIpc) is 2.36. The molecule has 0 saturated heterocycles. The summed E-state index contributed by atoms with van der Waals surface area (Å²) in [6.07, 6.45) is -0.421. The van der Waals surface area contributed by atoms with E-state index in [0.29, 0.717) is 16.9 Å². The van der Waals surface area contributed by atoms with E-state index in [1.54, 1.807) is 0 Å². The highest BCUT2D eigenvalue weighted by atomic mass is 32.2. The van der Waals surface area contributed by atoms with E-state index in [9.17, 15) is 13.2 Å². The first-order chi connectivity index (χ1) is 8.88. The maximum atomic E-state index is 11.7. The number of carboxylic acid groups (broad SMARTS) is 1. The smallest absolute Gasteiger partial charge is 0.304 e. The fourth-order valence-corrected chi connectivity index (χ4v) is 2.80. The molecule has 0 aromatic heterocycles. The molecular formula is C12H13NO5S. The molecule has 102 valence electrons. The van der Waals surface area contributed by atoms with Gasteiger partial charge in [0.05, 0.1) is 30.6 Å². The lowest BCUT2D eigenvalue weighted by molar-refractivity contribution is -0.136. The van der Waals surface area contributed by atoms with Gasteiger partial charge < -0.3 is 9.84 Å². The minimum atomic E-state index is -3.49. The van der Waals surface area contributed by atoms with Gasteiger partial charge in [0.2, 0.25) is 0 Å². The Morgan fingerprint density at radius 3 is 2.68 bits per heavy atom. The molecule has 7 heteroatoms. The van der Waals surface area contributed by atoms with Gasteiger partial charge in [0.25, 0.3) is 0 Å². The van der Waals surface area contributed by atoms with Crippen LogP contribution in [0.15, 0.2) is 18.2 Å². The molecule has 1 aromatic rings. The molecule has 0 atom stereocenters. The number of nitrogens with zero attached hydrogens (tertiary/aromatic N) is 1. The van der Waals surface area contributed by atoms with Crippen LogP contribution in [0.5, 0.6) is 5.75 Å². The van der Waals surface area contributed by atoms with Crippen molar-refractivity contribution in [2.24, 2.45) is 0 Å². The zero-order valence-corrected chi connectivity index (χ0v) is 11.1. The van der Waals surface area contributed by atoms with E-state index >= 15 is 0 Å². The topological polar surface area (TPSA) is 104 Å². The first-order valence-electron chi connectivity index (χ1n) is 5.37. The number of hydrogen-bond acceptors (Lipinski definition) is 5. The van der Waals surface area contributed by atoms with Crippen LogP contribution in [0.3, 0.4) is 0 Å². The third-order valence-corrected chi connectivity index (χ3v) is 4.00. The summed E-state index contributed by atoms with van der Waals surface area (Å²) in [4.78, 5) is 10.4. The maximum Gasteiger partial charge on any atom is 0.304 e. The summed E-state index contributed by atoms with van der Waals surface area (Å²) in [7, 11) is -2.11. The Hall–Kier alpha value is -2.07. The molecule has 1 N–H and O–H groups in total. The number of hydrogen-bond donors (Lipinski definition) is 1. The summed E-state index contributed by atoms with van der Waals surface area (Å²) in [5.41, 5.74) is 0.774. The Bertz CT molecular complexity index is 615. The number of nitriles is 1. The highest BCUT2D eigenvalue weighted by Gasteiger charge is 2.15. The lowest BCUT2D eigenvalue weighted by Gasteiger charge is -2.07. The zero-order chi connectivity index (χ0) is 14.5. The number of carbonyl (C=O) groups is 1. The Kier molecular flexibility index (Phi) is 4.89. The van der Waals surface area contributed by atoms with E-state index in [1.165, 1.54) is 25.3 Å². The molecule has 0 amide bonds. The maximum absolute atomic E-state index is 11.7. The predicted molar refractivity (Wildman–Crippen MR) is 67.5 cm³/mol. The summed E-state index contributed by atoms with van der Waals surface area (Å²) in [6, 6.07) is 6.38. The van der Waals surface area contributed by atoms with Crippen LogP contribution in [0.4, 0.5) is 0 Å². The Morgan fingerprint density at radius 2 is 2.16 bits per heavy atom. The Labute approximate surface area is 111 Å². The van der Waals surface area contributed by atoms with Crippen molar-refractivity contribution in [1.82, 2.24) is 0 Å². The quantitative estimate of drug-likeness (QED) is 0.833. The van der Waals surface area contributed by atoms with E-state index < -0.39 is 28.0 Å². The van der Waals surface area contributed by atoms with Gasteiger partial charge in [-0.2, -0.15) is 5.26 Å². The standard InChI is InChI=1S/C12H13NO5S/c1-18-11-6-9(2-3-10(11)7-13)8-19(16,17)5-4-12(14)15/h2-3,6H,4-5,8H2,1H3,(H,14,15). The number of benzene rings is 1. The van der Waals surface area contributed by atoms with Gasteiger partial charge in [0.15, 0.2) is 9.84 Å². The molecule has 0 aliphatic heterocycles. The molecule has 0 saturated carbocycles. The molecular weight excluding hydrogens is 270 g/mol. The van der Waals surface area contributed by atoms with Crippen LogP contribution in [0.25, 0.3) is 0 Å². The second-order valence-electron chi connectivity index (χ2n) is 3.88. The van der Waals surface area contributed by atoms with Crippen molar-refractivity contribution in [3.63, 3.8) is 0 Å². The molecule has 0 heterocycles. The van der Waals surface area contributed by atoms with Gasteiger partial charge in [0.1, 0.15) is 11.8 Å². The molecule has 0 radical (unpaired) electrons. The number of sulfone groups is 1. The molecule has 0 fully saturated rings. The van der Waals surface area contributed by atoms with E-state index in [4.69, 9.17) is 15.1 Å². The summed E-state index contributed by atoms with van der Waals surface area (Å²) in [5, 5.41) is 17.3. The van der Waals surface area contributed by atoms with Crippen LogP contribution in [0.1, 0.15) is 17.5 Å². The minimum absolute atomic E-state index is 0.275. The fraction of sp³-hybridized carbons (Fsp3) is 0.333. The second-order valence-corrected chi connectivity index (χ2v) is 6.07. The van der Waals surface area contributed by atoms with Crippen LogP contribution >= 0.6 is 0 Å². The van der Waals surface area contributed by atoms with E-state index in [1.807, 2.05) is 6.07 Å². The second kappa shape index (κ2) is 6.20. The van der Waals surface area contributed by atoms with E-state index in [0.717, 1.165) is 0 Å². The number of aliphatic carboxylic acids is 1. The van der Waals surface area contributed by atoms with Gasteiger partial charge in [-0.1, -0.05) is 6.07 Å². The van der Waals surface area contributed by atoms with Crippen LogP contribution in [0, 0.1) is 11.3 Å². The first kappa shape index (κ1) is 15.0. The molecule has 0 bridgehead atoms. The van der Waals surface area contributed by atoms with Gasteiger partial charge in [-0.15, -0.1) is 0 Å². The predicted octanol–water partition coefficient (Wildman–Crippen LogP) is 0.956. The molecule has 1 aromatic carbocycles. The molecule has 0 aliphatic carbocycles. The summed E-state index contributed by atoms with van der Waals surface area (Å²) >= 11 is 0. The fourth-order valence-electron chi connectivity index (χ4n) is 1.49. The molecule has 0 spiro atoms. The van der Waals surface area contributed by atoms with Crippen LogP contribution in [-0.4, -0.2) is 32.4 Å². The highest BCUT2D eigenvalue weighted by molar-refractivity contribution is 7.90. The van der Waals surface area contributed by atoms with Crippen molar-refractivity contribution >= 4 is 15.8 Å². The van der Waals surface area contributed by atoms with Gasteiger partial charge in [-0.05, 0) is 17.7 Å². The summed E-state index contributed by atoms with van der Waals surface area (Å²) < 4.78 is 28.4. The van der Waals surface area contributed by atoms with Crippen LogP contribution in [0.2, 0.25) is 0 Å². The Balaban J connectivity index is 2.88. The summed E-state index contributed by atoms with van der Waals surface area (Å²) in [6.45, 7) is 0. The normalized spacial score (nSPS) is 10.7. The van der Waals surface area contributed by atoms with Crippen molar-refractivity contribution in [2.45, 2.75) is 12.2 Å². The number of ether oxygens (including phenoxy) is 1. The third kappa shape index (κ3) is 4.60. The largest absolute Gasteiger partial charge is 0.495 e. The first-order valence-corrected chi connectivity index (χ1v) is 7.19. The zero-order valence-electron chi connectivity index (χ0n) is 10.3.